The molecule has 0 aliphatic rings. The Morgan fingerprint density at radius 2 is 1.78 bits per heavy atom. The summed E-state index contributed by atoms with van der Waals surface area (Å²) < 4.78 is 5.18. The summed E-state index contributed by atoms with van der Waals surface area (Å²) in [5, 5.41) is 0.670. The average molecular weight is 261 g/mol. The fraction of sp³-hybridized carbons (Fsp3) is 0.133. The fourth-order valence-corrected chi connectivity index (χ4v) is 1.88. The van der Waals surface area contributed by atoms with E-state index in [9.17, 15) is 4.79 Å². The predicted molar refractivity (Wildman–Crippen MR) is 72.5 cm³/mol. The molecule has 0 aliphatic heterocycles. The van der Waals surface area contributed by atoms with Gasteiger partial charge < -0.3 is 4.74 Å². The first kappa shape index (κ1) is 12.7. The zero-order valence-corrected chi connectivity index (χ0v) is 10.8. The molecular weight excluding hydrogens is 248 g/mol. The van der Waals surface area contributed by atoms with Crippen LogP contribution in [0.1, 0.15) is 15.9 Å². The van der Waals surface area contributed by atoms with E-state index in [-0.39, 0.29) is 5.78 Å². The first-order valence-corrected chi connectivity index (χ1v) is 5.99. The van der Waals surface area contributed by atoms with Crippen molar-refractivity contribution >= 4 is 17.4 Å². The highest BCUT2D eigenvalue weighted by Gasteiger charge is 2.11. The molecule has 0 bridgehead atoms. The third-order valence-electron chi connectivity index (χ3n) is 2.69. The molecule has 0 aromatic heterocycles. The van der Waals surface area contributed by atoms with Crippen LogP contribution < -0.4 is 4.74 Å². The van der Waals surface area contributed by atoms with Crippen molar-refractivity contribution in [2.24, 2.45) is 0 Å². The van der Waals surface area contributed by atoms with Gasteiger partial charge in [-0.15, -0.1) is 0 Å². The number of halogens is 1. The van der Waals surface area contributed by atoms with Gasteiger partial charge in [0.25, 0.3) is 0 Å². The average Bonchev–Trinajstić information content (AvgIpc) is 2.41. The van der Waals surface area contributed by atoms with E-state index in [2.05, 4.69) is 0 Å². The number of methoxy groups -OCH3 is 1. The molecule has 2 aromatic carbocycles. The van der Waals surface area contributed by atoms with Gasteiger partial charge >= 0.3 is 0 Å². The van der Waals surface area contributed by atoms with Crippen LogP contribution >= 0.6 is 11.6 Å². The minimum atomic E-state index is 0.0368. The lowest BCUT2D eigenvalue weighted by molar-refractivity contribution is 0.0990. The molecule has 0 saturated heterocycles. The maximum absolute atomic E-state index is 12.2. The highest BCUT2D eigenvalue weighted by atomic mass is 35.5. The lowest BCUT2D eigenvalue weighted by Crippen LogP contribution is -2.05. The molecule has 0 fully saturated rings. The van der Waals surface area contributed by atoms with E-state index in [1.807, 2.05) is 24.3 Å². The molecule has 0 unspecified atom stereocenters. The van der Waals surface area contributed by atoms with Gasteiger partial charge in [-0.2, -0.15) is 0 Å². The van der Waals surface area contributed by atoms with Gasteiger partial charge in [-0.1, -0.05) is 35.9 Å². The van der Waals surface area contributed by atoms with E-state index in [4.69, 9.17) is 16.3 Å². The maximum Gasteiger partial charge on any atom is 0.170 e. The summed E-state index contributed by atoms with van der Waals surface area (Å²) in [5.41, 5.74) is 1.55. The van der Waals surface area contributed by atoms with E-state index >= 15 is 0 Å². The Morgan fingerprint density at radius 1 is 1.11 bits per heavy atom. The molecule has 0 atom stereocenters. The minimum Gasteiger partial charge on any atom is -0.496 e. The summed E-state index contributed by atoms with van der Waals surface area (Å²) in [5.74, 6) is 0.645. The van der Waals surface area contributed by atoms with Crippen LogP contribution in [0.3, 0.4) is 0 Å². The normalized spacial score (nSPS) is 10.1. The van der Waals surface area contributed by atoms with Crippen molar-refractivity contribution in [3.8, 4) is 5.75 Å². The second kappa shape index (κ2) is 5.69. The largest absolute Gasteiger partial charge is 0.496 e. The molecule has 2 aromatic rings. The first-order valence-electron chi connectivity index (χ1n) is 5.61. The van der Waals surface area contributed by atoms with Crippen LogP contribution in [0.25, 0.3) is 0 Å². The van der Waals surface area contributed by atoms with Crippen LogP contribution in [0.4, 0.5) is 0 Å². The molecular formula is C15H13ClO2. The maximum atomic E-state index is 12.2. The van der Waals surface area contributed by atoms with Gasteiger partial charge in [-0.3, -0.25) is 4.79 Å². The van der Waals surface area contributed by atoms with Crippen molar-refractivity contribution < 1.29 is 9.53 Å². The second-order valence-corrected chi connectivity index (χ2v) is 4.36. The summed E-state index contributed by atoms with van der Waals surface area (Å²) in [6.07, 6.45) is 0.345. The van der Waals surface area contributed by atoms with Crippen LogP contribution in [-0.4, -0.2) is 12.9 Å². The predicted octanol–water partition coefficient (Wildman–Crippen LogP) is 3.77. The quantitative estimate of drug-likeness (QED) is 0.782. The van der Waals surface area contributed by atoms with Gasteiger partial charge in [-0.05, 0) is 29.8 Å². The Hall–Kier alpha value is -1.80. The molecule has 0 N–H and O–H groups in total. The number of rotatable bonds is 4. The van der Waals surface area contributed by atoms with Crippen molar-refractivity contribution in [3.63, 3.8) is 0 Å². The van der Waals surface area contributed by atoms with Crippen molar-refractivity contribution in [2.45, 2.75) is 6.42 Å². The smallest absolute Gasteiger partial charge is 0.170 e. The number of Topliss-reactive ketones (excluding diaryl/α,β-unsaturated/α-hetero) is 1. The third kappa shape index (κ3) is 2.90. The number of ketones is 1. The lowest BCUT2D eigenvalue weighted by atomic mass is 10.0. The van der Waals surface area contributed by atoms with Crippen LogP contribution in [0, 0.1) is 0 Å². The molecule has 0 radical (unpaired) electrons. The van der Waals surface area contributed by atoms with E-state index in [0.717, 1.165) is 5.56 Å². The molecule has 0 amide bonds. The number of para-hydroxylation sites is 1. The Morgan fingerprint density at radius 3 is 2.44 bits per heavy atom. The number of benzene rings is 2. The lowest BCUT2D eigenvalue weighted by Gasteiger charge is -2.07. The standard InChI is InChI=1S/C15H13ClO2/c1-18-15-5-3-2-4-13(15)14(17)10-11-6-8-12(16)9-7-11/h2-9H,10H2,1H3. The van der Waals surface area contributed by atoms with Crippen molar-refractivity contribution in [1.29, 1.82) is 0 Å². The van der Waals surface area contributed by atoms with Crippen molar-refractivity contribution in [3.05, 3.63) is 64.7 Å². The number of hydrogen-bond acceptors (Lipinski definition) is 2. The molecule has 0 heterocycles. The molecule has 92 valence electrons. The molecule has 0 aliphatic carbocycles. The van der Waals surface area contributed by atoms with Crippen LogP contribution in [0.2, 0.25) is 5.02 Å². The van der Waals surface area contributed by atoms with Crippen LogP contribution in [0.15, 0.2) is 48.5 Å². The second-order valence-electron chi connectivity index (χ2n) is 3.93. The zero-order valence-electron chi connectivity index (χ0n) is 10.0. The zero-order chi connectivity index (χ0) is 13.0. The Labute approximate surface area is 111 Å². The third-order valence-corrected chi connectivity index (χ3v) is 2.94. The van der Waals surface area contributed by atoms with Crippen molar-refractivity contribution in [1.82, 2.24) is 0 Å². The molecule has 2 nitrogen and oxygen atoms in total. The van der Waals surface area contributed by atoms with Crippen LogP contribution in [0.5, 0.6) is 5.75 Å². The Balaban J connectivity index is 2.19. The van der Waals surface area contributed by atoms with E-state index in [1.54, 1.807) is 31.4 Å². The van der Waals surface area contributed by atoms with Gasteiger partial charge in [0.2, 0.25) is 0 Å². The molecule has 0 saturated carbocycles. The van der Waals surface area contributed by atoms with Gasteiger partial charge in [-0.25, -0.2) is 0 Å². The van der Waals surface area contributed by atoms with E-state index in [1.165, 1.54) is 0 Å². The number of carbonyl (C=O) groups is 1. The van der Waals surface area contributed by atoms with E-state index < -0.39 is 0 Å². The highest BCUT2D eigenvalue weighted by molar-refractivity contribution is 6.30. The molecule has 18 heavy (non-hydrogen) atoms. The van der Waals surface area contributed by atoms with Crippen LogP contribution in [-0.2, 0) is 6.42 Å². The highest BCUT2D eigenvalue weighted by Crippen LogP contribution is 2.20. The summed E-state index contributed by atoms with van der Waals surface area (Å²) in [6, 6.07) is 14.5. The summed E-state index contributed by atoms with van der Waals surface area (Å²) in [6.45, 7) is 0. The number of ether oxygens (including phenoxy) is 1. The van der Waals surface area contributed by atoms with Gasteiger partial charge in [0.1, 0.15) is 5.75 Å². The Kier molecular flexibility index (Phi) is 4.00. The topological polar surface area (TPSA) is 26.3 Å². The van der Waals surface area contributed by atoms with E-state index in [0.29, 0.717) is 22.8 Å². The summed E-state index contributed by atoms with van der Waals surface area (Å²) in [7, 11) is 1.56. The Bertz CT molecular complexity index is 547. The number of hydrogen-bond donors (Lipinski definition) is 0. The summed E-state index contributed by atoms with van der Waals surface area (Å²) in [4.78, 5) is 12.2. The SMILES string of the molecule is COc1ccccc1C(=O)Cc1ccc(Cl)cc1. The van der Waals surface area contributed by atoms with Gasteiger partial charge in [0.05, 0.1) is 12.7 Å². The van der Waals surface area contributed by atoms with Crippen molar-refractivity contribution in [2.75, 3.05) is 7.11 Å². The fourth-order valence-electron chi connectivity index (χ4n) is 1.76. The van der Waals surface area contributed by atoms with Gasteiger partial charge in [0.15, 0.2) is 5.78 Å². The molecule has 0 spiro atoms. The number of carbonyl (C=O) groups excluding carboxylic acids is 1. The first-order chi connectivity index (χ1) is 8.70. The van der Waals surface area contributed by atoms with Gasteiger partial charge in [0, 0.05) is 11.4 Å². The summed E-state index contributed by atoms with van der Waals surface area (Å²) >= 11 is 5.81. The molecule has 2 rings (SSSR count). The molecule has 3 heteroatoms. The minimum absolute atomic E-state index is 0.0368. The monoisotopic (exact) mass is 260 g/mol.